The first-order valence-electron chi connectivity index (χ1n) is 6.60. The number of aliphatic hydroxyl groups is 1. The van der Waals surface area contributed by atoms with Crippen molar-refractivity contribution in [3.05, 3.63) is 60.2 Å². The van der Waals surface area contributed by atoms with Crippen LogP contribution in [0.2, 0.25) is 0 Å². The summed E-state index contributed by atoms with van der Waals surface area (Å²) >= 11 is 0. The van der Waals surface area contributed by atoms with Crippen LogP contribution in [0.1, 0.15) is 18.6 Å². The van der Waals surface area contributed by atoms with Gasteiger partial charge in [-0.3, -0.25) is 0 Å². The lowest BCUT2D eigenvalue weighted by Crippen LogP contribution is -1.94. The van der Waals surface area contributed by atoms with Crippen molar-refractivity contribution < 1.29 is 5.11 Å². The van der Waals surface area contributed by atoms with Crippen LogP contribution < -0.4 is 0 Å². The van der Waals surface area contributed by atoms with E-state index in [1.165, 1.54) is 26.9 Å². The second-order valence-electron chi connectivity index (χ2n) is 5.19. The number of hydrogen-bond acceptors (Lipinski definition) is 1. The van der Waals surface area contributed by atoms with E-state index >= 15 is 0 Å². The van der Waals surface area contributed by atoms with Crippen LogP contribution in [-0.2, 0) is 0 Å². The summed E-state index contributed by atoms with van der Waals surface area (Å²) in [6, 6.07) is 19.1. The van der Waals surface area contributed by atoms with E-state index in [2.05, 4.69) is 54.6 Å². The molecule has 4 rings (SSSR count). The van der Waals surface area contributed by atoms with Gasteiger partial charge in [0.05, 0.1) is 6.10 Å². The molecule has 1 N–H and O–H groups in total. The SMILES string of the molecule is CC(O)c1cc2cccc3ccc4cccc1c4c32. The van der Waals surface area contributed by atoms with Gasteiger partial charge in [-0.15, -0.1) is 0 Å². The molecule has 0 amide bonds. The first kappa shape index (κ1) is 10.8. The minimum atomic E-state index is -0.450. The van der Waals surface area contributed by atoms with Crippen molar-refractivity contribution in [1.82, 2.24) is 0 Å². The number of hydrogen-bond donors (Lipinski definition) is 1. The van der Waals surface area contributed by atoms with E-state index in [1.807, 2.05) is 6.92 Å². The predicted molar refractivity (Wildman–Crippen MR) is 80.8 cm³/mol. The van der Waals surface area contributed by atoms with Crippen LogP contribution in [0.5, 0.6) is 0 Å². The third-order valence-electron chi connectivity index (χ3n) is 3.99. The van der Waals surface area contributed by atoms with E-state index in [4.69, 9.17) is 0 Å². The maximum Gasteiger partial charge on any atom is 0.0768 e. The Morgan fingerprint density at radius 3 is 2.16 bits per heavy atom. The zero-order chi connectivity index (χ0) is 13.0. The molecule has 4 aromatic carbocycles. The molecule has 4 aromatic rings. The van der Waals surface area contributed by atoms with Crippen molar-refractivity contribution in [3.63, 3.8) is 0 Å². The maximum atomic E-state index is 10.0. The fourth-order valence-electron chi connectivity index (χ4n) is 3.14. The number of aliphatic hydroxyl groups excluding tert-OH is 1. The van der Waals surface area contributed by atoms with E-state index in [0.717, 1.165) is 10.9 Å². The van der Waals surface area contributed by atoms with E-state index < -0.39 is 6.10 Å². The van der Waals surface area contributed by atoms with Crippen LogP contribution >= 0.6 is 0 Å². The summed E-state index contributed by atoms with van der Waals surface area (Å²) in [5.74, 6) is 0. The van der Waals surface area contributed by atoms with Gasteiger partial charge in [0.15, 0.2) is 0 Å². The normalized spacial score (nSPS) is 13.6. The average Bonchev–Trinajstić information content (AvgIpc) is 2.44. The molecule has 1 atom stereocenters. The summed E-state index contributed by atoms with van der Waals surface area (Å²) in [4.78, 5) is 0. The van der Waals surface area contributed by atoms with Gasteiger partial charge >= 0.3 is 0 Å². The van der Waals surface area contributed by atoms with Crippen LogP contribution in [0.3, 0.4) is 0 Å². The monoisotopic (exact) mass is 246 g/mol. The molecule has 1 nitrogen and oxygen atoms in total. The molecule has 0 saturated carbocycles. The highest BCUT2D eigenvalue weighted by atomic mass is 16.3. The molecule has 0 fully saturated rings. The Balaban J connectivity index is 2.39. The predicted octanol–water partition coefficient (Wildman–Crippen LogP) is 4.64. The largest absolute Gasteiger partial charge is 0.389 e. The third-order valence-corrected chi connectivity index (χ3v) is 3.99. The molecule has 1 unspecified atom stereocenters. The smallest absolute Gasteiger partial charge is 0.0768 e. The highest BCUT2D eigenvalue weighted by Crippen LogP contribution is 2.37. The lowest BCUT2D eigenvalue weighted by atomic mass is 9.90. The Bertz CT molecular complexity index is 890. The average molecular weight is 246 g/mol. The van der Waals surface area contributed by atoms with Crippen LogP contribution in [0, 0.1) is 0 Å². The first-order chi connectivity index (χ1) is 9.25. The molecule has 0 spiro atoms. The number of rotatable bonds is 1. The van der Waals surface area contributed by atoms with Crippen LogP contribution in [0.25, 0.3) is 32.3 Å². The molecule has 0 aliphatic carbocycles. The van der Waals surface area contributed by atoms with Gasteiger partial charge in [0, 0.05) is 0 Å². The van der Waals surface area contributed by atoms with E-state index in [1.54, 1.807) is 0 Å². The Hall–Kier alpha value is -2.12. The highest BCUT2D eigenvalue weighted by molar-refractivity contribution is 6.23. The highest BCUT2D eigenvalue weighted by Gasteiger charge is 2.13. The second-order valence-corrected chi connectivity index (χ2v) is 5.19. The molecule has 0 radical (unpaired) electrons. The van der Waals surface area contributed by atoms with Gasteiger partial charge in [-0.2, -0.15) is 0 Å². The van der Waals surface area contributed by atoms with Crippen molar-refractivity contribution in [2.75, 3.05) is 0 Å². The van der Waals surface area contributed by atoms with Crippen molar-refractivity contribution in [2.24, 2.45) is 0 Å². The van der Waals surface area contributed by atoms with Gasteiger partial charge < -0.3 is 5.11 Å². The summed E-state index contributed by atoms with van der Waals surface area (Å²) in [7, 11) is 0. The minimum Gasteiger partial charge on any atom is -0.389 e. The fourth-order valence-corrected chi connectivity index (χ4v) is 3.14. The van der Waals surface area contributed by atoms with Gasteiger partial charge in [-0.25, -0.2) is 0 Å². The first-order valence-corrected chi connectivity index (χ1v) is 6.60. The molecule has 19 heavy (non-hydrogen) atoms. The zero-order valence-corrected chi connectivity index (χ0v) is 10.7. The Kier molecular flexibility index (Phi) is 2.09. The van der Waals surface area contributed by atoms with Gasteiger partial charge in [-0.05, 0) is 50.9 Å². The summed E-state index contributed by atoms with van der Waals surface area (Å²) < 4.78 is 0. The molecule has 0 heterocycles. The fraction of sp³-hybridized carbons (Fsp3) is 0.111. The van der Waals surface area contributed by atoms with Crippen molar-refractivity contribution in [2.45, 2.75) is 13.0 Å². The standard InChI is InChI=1S/C18H14O/c1-11(19)16-10-14-6-2-4-12-8-9-13-5-3-7-15(16)18(13)17(12)14/h2-11,19H,1H3. The minimum absolute atomic E-state index is 0.450. The molecular formula is C18H14O. The van der Waals surface area contributed by atoms with E-state index in [9.17, 15) is 5.11 Å². The van der Waals surface area contributed by atoms with Gasteiger partial charge in [0.25, 0.3) is 0 Å². The molecule has 0 aliphatic rings. The van der Waals surface area contributed by atoms with Crippen molar-refractivity contribution in [1.29, 1.82) is 0 Å². The summed E-state index contributed by atoms with van der Waals surface area (Å²) in [5.41, 5.74) is 1.01. The van der Waals surface area contributed by atoms with Crippen molar-refractivity contribution >= 4 is 32.3 Å². The van der Waals surface area contributed by atoms with Gasteiger partial charge in [0.1, 0.15) is 0 Å². The molecule has 0 bridgehead atoms. The van der Waals surface area contributed by atoms with Crippen LogP contribution in [0.4, 0.5) is 0 Å². The molecule has 0 aromatic heterocycles. The second kappa shape index (κ2) is 3.69. The Morgan fingerprint density at radius 2 is 1.42 bits per heavy atom. The Morgan fingerprint density at radius 1 is 0.789 bits per heavy atom. The molecule has 1 heteroatoms. The maximum absolute atomic E-state index is 10.0. The quantitative estimate of drug-likeness (QED) is 0.485. The number of benzene rings is 4. The van der Waals surface area contributed by atoms with E-state index in [-0.39, 0.29) is 0 Å². The zero-order valence-electron chi connectivity index (χ0n) is 10.7. The van der Waals surface area contributed by atoms with Gasteiger partial charge in [0.2, 0.25) is 0 Å². The topological polar surface area (TPSA) is 20.2 Å². The molecule has 0 aliphatic heterocycles. The summed E-state index contributed by atoms with van der Waals surface area (Å²) in [5, 5.41) is 17.5. The van der Waals surface area contributed by atoms with Crippen molar-refractivity contribution in [3.8, 4) is 0 Å². The van der Waals surface area contributed by atoms with E-state index in [0.29, 0.717) is 0 Å². The molecular weight excluding hydrogens is 232 g/mol. The third kappa shape index (κ3) is 1.39. The lowest BCUT2D eigenvalue weighted by molar-refractivity contribution is 0.201. The molecule has 92 valence electrons. The van der Waals surface area contributed by atoms with Crippen LogP contribution in [0.15, 0.2) is 54.6 Å². The summed E-state index contributed by atoms with van der Waals surface area (Å²) in [6.07, 6.45) is -0.450. The summed E-state index contributed by atoms with van der Waals surface area (Å²) in [6.45, 7) is 1.83. The Labute approximate surface area is 111 Å². The van der Waals surface area contributed by atoms with Crippen LogP contribution in [-0.4, -0.2) is 5.11 Å². The van der Waals surface area contributed by atoms with Gasteiger partial charge in [-0.1, -0.05) is 48.5 Å². The lowest BCUT2D eigenvalue weighted by Gasteiger charge is -2.15. The molecule has 0 saturated heterocycles.